The average Bonchev–Trinajstić information content (AvgIpc) is 2.29. The fourth-order valence-corrected chi connectivity index (χ4v) is 1.85. The van der Waals surface area contributed by atoms with Gasteiger partial charge in [0.05, 0.1) is 6.61 Å². The fraction of sp³-hybridized carbons (Fsp3) is 0.571. The van der Waals surface area contributed by atoms with E-state index in [0.29, 0.717) is 12.6 Å². The normalized spacial score (nSPS) is 12.7. The highest BCUT2D eigenvalue weighted by atomic mass is 16.5. The third-order valence-corrected chi connectivity index (χ3v) is 2.78. The van der Waals surface area contributed by atoms with E-state index in [1.807, 2.05) is 0 Å². The van der Waals surface area contributed by atoms with Gasteiger partial charge in [-0.25, -0.2) is 0 Å². The molecule has 1 atom stereocenters. The molecular formula is C14H23NO. The summed E-state index contributed by atoms with van der Waals surface area (Å²) in [6.07, 6.45) is 2.46. The lowest BCUT2D eigenvalue weighted by molar-refractivity contribution is 0.184. The molecule has 0 aliphatic heterocycles. The Kier molecular flexibility index (Phi) is 6.12. The van der Waals surface area contributed by atoms with E-state index in [1.165, 1.54) is 24.0 Å². The molecule has 0 spiro atoms. The van der Waals surface area contributed by atoms with E-state index >= 15 is 0 Å². The van der Waals surface area contributed by atoms with Crippen LogP contribution in [0.1, 0.15) is 37.8 Å². The highest BCUT2D eigenvalue weighted by Gasteiger charge is 2.03. The molecular weight excluding hydrogens is 198 g/mol. The summed E-state index contributed by atoms with van der Waals surface area (Å²) in [6, 6.07) is 9.03. The molecule has 1 N–H and O–H groups in total. The van der Waals surface area contributed by atoms with Gasteiger partial charge >= 0.3 is 0 Å². The molecule has 1 rings (SSSR count). The van der Waals surface area contributed by atoms with Crippen molar-refractivity contribution in [1.82, 2.24) is 5.32 Å². The summed E-state index contributed by atoms with van der Waals surface area (Å²) in [5, 5.41) is 3.54. The van der Waals surface area contributed by atoms with Gasteiger partial charge in [0.2, 0.25) is 0 Å². The molecule has 1 aromatic carbocycles. The third-order valence-electron chi connectivity index (χ3n) is 2.78. The van der Waals surface area contributed by atoms with Crippen LogP contribution >= 0.6 is 0 Å². The Morgan fingerprint density at radius 3 is 2.56 bits per heavy atom. The standard InChI is InChI=1S/C14H23NO/c1-4-7-12(2)15-10-13-8-5-6-9-14(13)11-16-3/h5-6,8-9,12,15H,4,7,10-11H2,1-3H3. The van der Waals surface area contributed by atoms with Gasteiger partial charge in [-0.1, -0.05) is 37.6 Å². The van der Waals surface area contributed by atoms with Gasteiger partial charge in [0, 0.05) is 19.7 Å². The Bertz CT molecular complexity index is 299. The van der Waals surface area contributed by atoms with Gasteiger partial charge in [-0.05, 0) is 24.5 Å². The quantitative estimate of drug-likeness (QED) is 0.764. The molecule has 0 bridgehead atoms. The molecule has 0 aliphatic rings. The van der Waals surface area contributed by atoms with Crippen molar-refractivity contribution in [2.45, 2.75) is 45.9 Å². The zero-order valence-electron chi connectivity index (χ0n) is 10.6. The lowest BCUT2D eigenvalue weighted by Crippen LogP contribution is -2.25. The molecule has 2 heteroatoms. The van der Waals surface area contributed by atoms with Crippen molar-refractivity contribution in [3.63, 3.8) is 0 Å². The van der Waals surface area contributed by atoms with Crippen molar-refractivity contribution >= 4 is 0 Å². The Morgan fingerprint density at radius 2 is 1.94 bits per heavy atom. The number of rotatable bonds is 7. The maximum absolute atomic E-state index is 5.20. The van der Waals surface area contributed by atoms with Crippen LogP contribution in [-0.2, 0) is 17.9 Å². The van der Waals surface area contributed by atoms with Crippen LogP contribution in [0.3, 0.4) is 0 Å². The zero-order valence-corrected chi connectivity index (χ0v) is 10.6. The molecule has 0 aliphatic carbocycles. The second-order valence-electron chi connectivity index (χ2n) is 4.27. The summed E-state index contributed by atoms with van der Waals surface area (Å²) >= 11 is 0. The third kappa shape index (κ3) is 4.33. The van der Waals surface area contributed by atoms with E-state index in [9.17, 15) is 0 Å². The smallest absolute Gasteiger partial charge is 0.0716 e. The largest absolute Gasteiger partial charge is 0.380 e. The molecule has 90 valence electrons. The average molecular weight is 221 g/mol. The number of benzene rings is 1. The van der Waals surface area contributed by atoms with Gasteiger partial charge in [-0.3, -0.25) is 0 Å². The first kappa shape index (κ1) is 13.2. The molecule has 1 unspecified atom stereocenters. The lowest BCUT2D eigenvalue weighted by Gasteiger charge is -2.14. The van der Waals surface area contributed by atoms with Crippen molar-refractivity contribution < 1.29 is 4.74 Å². The van der Waals surface area contributed by atoms with Crippen LogP contribution in [0.25, 0.3) is 0 Å². The molecule has 0 saturated heterocycles. The molecule has 0 aromatic heterocycles. The summed E-state index contributed by atoms with van der Waals surface area (Å²) in [5.74, 6) is 0. The lowest BCUT2D eigenvalue weighted by atomic mass is 10.1. The van der Waals surface area contributed by atoms with E-state index in [-0.39, 0.29) is 0 Å². The summed E-state index contributed by atoms with van der Waals surface area (Å²) < 4.78 is 5.20. The Balaban J connectivity index is 2.52. The SMILES string of the molecule is CCCC(C)NCc1ccccc1COC. The van der Waals surface area contributed by atoms with Crippen molar-refractivity contribution in [2.75, 3.05) is 7.11 Å². The maximum Gasteiger partial charge on any atom is 0.0716 e. The minimum absolute atomic E-state index is 0.584. The first-order chi connectivity index (χ1) is 7.77. The summed E-state index contributed by atoms with van der Waals surface area (Å²) in [4.78, 5) is 0. The summed E-state index contributed by atoms with van der Waals surface area (Å²) in [7, 11) is 1.74. The van der Waals surface area contributed by atoms with E-state index in [2.05, 4.69) is 43.4 Å². The van der Waals surface area contributed by atoms with Gasteiger partial charge in [-0.2, -0.15) is 0 Å². The van der Waals surface area contributed by atoms with E-state index in [1.54, 1.807) is 7.11 Å². The van der Waals surface area contributed by atoms with Crippen molar-refractivity contribution in [1.29, 1.82) is 0 Å². The number of ether oxygens (including phenoxy) is 1. The monoisotopic (exact) mass is 221 g/mol. The van der Waals surface area contributed by atoms with Crippen LogP contribution < -0.4 is 5.32 Å². The second-order valence-corrected chi connectivity index (χ2v) is 4.27. The van der Waals surface area contributed by atoms with Gasteiger partial charge in [-0.15, -0.1) is 0 Å². The van der Waals surface area contributed by atoms with Crippen LogP contribution in [-0.4, -0.2) is 13.2 Å². The number of nitrogens with one attached hydrogen (secondary N) is 1. The highest BCUT2D eigenvalue weighted by molar-refractivity contribution is 5.26. The van der Waals surface area contributed by atoms with E-state index < -0.39 is 0 Å². The maximum atomic E-state index is 5.20. The van der Waals surface area contributed by atoms with Gasteiger partial charge in [0.25, 0.3) is 0 Å². The second kappa shape index (κ2) is 7.42. The molecule has 0 fully saturated rings. The van der Waals surface area contributed by atoms with Crippen molar-refractivity contribution in [3.05, 3.63) is 35.4 Å². The number of methoxy groups -OCH3 is 1. The van der Waals surface area contributed by atoms with Gasteiger partial charge < -0.3 is 10.1 Å². The Hall–Kier alpha value is -0.860. The molecule has 0 heterocycles. The molecule has 0 amide bonds. The number of hydrogen-bond donors (Lipinski definition) is 1. The molecule has 2 nitrogen and oxygen atoms in total. The summed E-state index contributed by atoms with van der Waals surface area (Å²) in [5.41, 5.74) is 2.62. The molecule has 0 saturated carbocycles. The van der Waals surface area contributed by atoms with E-state index in [0.717, 1.165) is 6.54 Å². The van der Waals surface area contributed by atoms with Crippen LogP contribution in [0.15, 0.2) is 24.3 Å². The van der Waals surface area contributed by atoms with Gasteiger partial charge in [0.1, 0.15) is 0 Å². The molecule has 0 radical (unpaired) electrons. The highest BCUT2D eigenvalue weighted by Crippen LogP contribution is 2.10. The first-order valence-corrected chi connectivity index (χ1v) is 6.07. The van der Waals surface area contributed by atoms with Crippen LogP contribution in [0, 0.1) is 0 Å². The zero-order chi connectivity index (χ0) is 11.8. The molecule has 1 aromatic rings. The van der Waals surface area contributed by atoms with Crippen LogP contribution in [0.2, 0.25) is 0 Å². The minimum atomic E-state index is 0.584. The number of hydrogen-bond acceptors (Lipinski definition) is 2. The predicted octanol–water partition coefficient (Wildman–Crippen LogP) is 3.11. The first-order valence-electron chi connectivity index (χ1n) is 6.07. The Morgan fingerprint density at radius 1 is 1.25 bits per heavy atom. The summed E-state index contributed by atoms with van der Waals surface area (Å²) in [6.45, 7) is 6.08. The van der Waals surface area contributed by atoms with Crippen molar-refractivity contribution in [2.24, 2.45) is 0 Å². The van der Waals surface area contributed by atoms with Crippen LogP contribution in [0.4, 0.5) is 0 Å². The molecule has 16 heavy (non-hydrogen) atoms. The van der Waals surface area contributed by atoms with Crippen LogP contribution in [0.5, 0.6) is 0 Å². The topological polar surface area (TPSA) is 21.3 Å². The van der Waals surface area contributed by atoms with Crippen molar-refractivity contribution in [3.8, 4) is 0 Å². The minimum Gasteiger partial charge on any atom is -0.380 e. The Labute approximate surface area is 99.0 Å². The van der Waals surface area contributed by atoms with Gasteiger partial charge in [0.15, 0.2) is 0 Å². The predicted molar refractivity (Wildman–Crippen MR) is 68.4 cm³/mol. The fourth-order valence-electron chi connectivity index (χ4n) is 1.85. The van der Waals surface area contributed by atoms with E-state index in [4.69, 9.17) is 4.74 Å².